The van der Waals surface area contributed by atoms with Crippen molar-refractivity contribution in [2.45, 2.75) is 41.4 Å². The third-order valence-electron chi connectivity index (χ3n) is 5.47. The van der Waals surface area contributed by atoms with Crippen LogP contribution >= 0.6 is 23.5 Å². The van der Waals surface area contributed by atoms with Crippen molar-refractivity contribution in [1.82, 2.24) is 9.62 Å². The molecule has 3 rings (SSSR count). The lowest BCUT2D eigenvalue weighted by atomic mass is 9.98. The van der Waals surface area contributed by atoms with E-state index in [1.54, 1.807) is 23.9 Å². The van der Waals surface area contributed by atoms with Crippen molar-refractivity contribution in [3.05, 3.63) is 53.6 Å². The van der Waals surface area contributed by atoms with E-state index in [4.69, 9.17) is 0 Å². The Morgan fingerprint density at radius 1 is 1.13 bits per heavy atom. The zero-order valence-corrected chi connectivity index (χ0v) is 20.7. The predicted octanol–water partition coefficient (Wildman–Crippen LogP) is 4.66. The highest BCUT2D eigenvalue weighted by Gasteiger charge is 2.25. The molecular weight excluding hydrogens is 448 g/mol. The molecule has 8 heteroatoms. The Morgan fingerprint density at radius 2 is 1.81 bits per heavy atom. The van der Waals surface area contributed by atoms with Crippen LogP contribution in [0, 0.1) is 12.8 Å². The average Bonchev–Trinajstić information content (AvgIpc) is 2.77. The lowest BCUT2D eigenvalue weighted by molar-refractivity contribution is 0.0693. The van der Waals surface area contributed by atoms with Crippen LogP contribution in [0.1, 0.15) is 35.7 Å². The second-order valence-electron chi connectivity index (χ2n) is 7.90. The molecular formula is C23H30N2O3S3. The van der Waals surface area contributed by atoms with Crippen molar-refractivity contribution in [1.29, 1.82) is 0 Å². The fourth-order valence-corrected chi connectivity index (χ4v) is 5.99. The molecule has 168 valence electrons. The maximum atomic E-state index is 13.1. The summed E-state index contributed by atoms with van der Waals surface area (Å²) in [5.41, 5.74) is 1.67. The maximum Gasteiger partial charge on any atom is 0.255 e. The number of likely N-dealkylation sites (tertiary alicyclic amines) is 1. The summed E-state index contributed by atoms with van der Waals surface area (Å²) < 4.78 is 28.3. The van der Waals surface area contributed by atoms with Crippen LogP contribution in [0.15, 0.2) is 57.2 Å². The van der Waals surface area contributed by atoms with Gasteiger partial charge in [0, 0.05) is 35.2 Å². The maximum absolute atomic E-state index is 13.1. The van der Waals surface area contributed by atoms with Crippen molar-refractivity contribution in [3.8, 4) is 0 Å². The number of carbonyl (C=O) groups excluding carboxylic acids is 1. The topological polar surface area (TPSA) is 66.5 Å². The Labute approximate surface area is 194 Å². The summed E-state index contributed by atoms with van der Waals surface area (Å²) in [6.45, 7) is 6.00. The van der Waals surface area contributed by atoms with Crippen molar-refractivity contribution < 1.29 is 13.2 Å². The van der Waals surface area contributed by atoms with Crippen molar-refractivity contribution in [2.24, 2.45) is 5.92 Å². The molecule has 0 aliphatic carbocycles. The van der Waals surface area contributed by atoms with E-state index < -0.39 is 10.0 Å². The molecule has 1 aliphatic heterocycles. The van der Waals surface area contributed by atoms with Gasteiger partial charge in [0.25, 0.3) is 5.91 Å². The molecule has 0 radical (unpaired) electrons. The van der Waals surface area contributed by atoms with Crippen LogP contribution in [0.3, 0.4) is 0 Å². The number of rotatable bonds is 8. The lowest BCUT2D eigenvalue weighted by Crippen LogP contribution is -2.38. The highest BCUT2D eigenvalue weighted by Crippen LogP contribution is 2.27. The molecule has 1 fully saturated rings. The molecule has 1 aliphatic rings. The quantitative estimate of drug-likeness (QED) is 0.442. The van der Waals surface area contributed by atoms with Crippen LogP contribution in [-0.4, -0.2) is 50.9 Å². The van der Waals surface area contributed by atoms with Crippen LogP contribution in [0.25, 0.3) is 0 Å². The molecule has 1 amide bonds. The van der Waals surface area contributed by atoms with Gasteiger partial charge < -0.3 is 4.90 Å². The molecule has 0 spiro atoms. The minimum Gasteiger partial charge on any atom is -0.339 e. The summed E-state index contributed by atoms with van der Waals surface area (Å²) in [6, 6.07) is 13.0. The molecule has 0 saturated carbocycles. The first kappa shape index (κ1) is 24.2. The molecule has 1 N–H and O–H groups in total. The standard InChI is InChI=1S/C23H30N2O3S3/c1-17-4-6-19(7-5-17)30-15-12-24-31(27,28)20-8-9-22(29-3)21(16-20)23(26)25-13-10-18(2)11-14-25/h4-9,16,18,24H,10-15H2,1-3H3. The van der Waals surface area contributed by atoms with E-state index in [9.17, 15) is 13.2 Å². The van der Waals surface area contributed by atoms with Gasteiger partial charge in [-0.2, -0.15) is 0 Å². The van der Waals surface area contributed by atoms with Gasteiger partial charge in [0.15, 0.2) is 0 Å². The summed E-state index contributed by atoms with van der Waals surface area (Å²) in [4.78, 5) is 17.0. The summed E-state index contributed by atoms with van der Waals surface area (Å²) in [7, 11) is -3.69. The third-order valence-corrected chi connectivity index (χ3v) is 8.73. The van der Waals surface area contributed by atoms with Crippen LogP contribution in [-0.2, 0) is 10.0 Å². The number of thioether (sulfide) groups is 2. The fourth-order valence-electron chi connectivity index (χ4n) is 3.47. The zero-order chi connectivity index (χ0) is 22.4. The van der Waals surface area contributed by atoms with E-state index in [1.165, 1.54) is 23.4 Å². The zero-order valence-electron chi connectivity index (χ0n) is 18.3. The van der Waals surface area contributed by atoms with Gasteiger partial charge in [-0.05, 0) is 62.3 Å². The van der Waals surface area contributed by atoms with Gasteiger partial charge in [0.2, 0.25) is 10.0 Å². The van der Waals surface area contributed by atoms with Gasteiger partial charge >= 0.3 is 0 Å². The second kappa shape index (κ2) is 10.9. The SMILES string of the molecule is CSc1ccc(S(=O)(=O)NCCSc2ccc(C)cc2)cc1C(=O)N1CCC(C)CC1. The van der Waals surface area contributed by atoms with Crippen LogP contribution in [0.5, 0.6) is 0 Å². The van der Waals surface area contributed by atoms with E-state index in [0.29, 0.717) is 23.8 Å². The average molecular weight is 479 g/mol. The molecule has 5 nitrogen and oxygen atoms in total. The lowest BCUT2D eigenvalue weighted by Gasteiger charge is -2.30. The Balaban J connectivity index is 1.67. The number of hydrogen-bond donors (Lipinski definition) is 1. The molecule has 31 heavy (non-hydrogen) atoms. The number of amides is 1. The van der Waals surface area contributed by atoms with Gasteiger partial charge in [0.1, 0.15) is 0 Å². The molecule has 1 saturated heterocycles. The Hall–Kier alpha value is -1.48. The molecule has 2 aromatic carbocycles. The Bertz CT molecular complexity index is 999. The largest absolute Gasteiger partial charge is 0.339 e. The number of aryl methyl sites for hydroxylation is 1. The molecule has 0 aromatic heterocycles. The first-order chi connectivity index (χ1) is 14.8. The van der Waals surface area contributed by atoms with Crippen LogP contribution in [0.4, 0.5) is 0 Å². The van der Waals surface area contributed by atoms with Crippen molar-refractivity contribution >= 4 is 39.5 Å². The minimum atomic E-state index is -3.69. The summed E-state index contributed by atoms with van der Waals surface area (Å²) in [5, 5.41) is 0. The second-order valence-corrected chi connectivity index (χ2v) is 11.7. The molecule has 0 unspecified atom stereocenters. The number of carbonyl (C=O) groups is 1. The Kier molecular flexibility index (Phi) is 8.50. The number of hydrogen-bond acceptors (Lipinski definition) is 5. The monoisotopic (exact) mass is 478 g/mol. The van der Waals surface area contributed by atoms with Gasteiger partial charge in [0.05, 0.1) is 10.5 Å². The Morgan fingerprint density at radius 3 is 2.45 bits per heavy atom. The number of benzene rings is 2. The van der Waals surface area contributed by atoms with E-state index in [2.05, 4.69) is 11.6 Å². The first-order valence-corrected chi connectivity index (χ1v) is 14.2. The predicted molar refractivity (Wildman–Crippen MR) is 130 cm³/mol. The first-order valence-electron chi connectivity index (χ1n) is 10.5. The van der Waals surface area contributed by atoms with E-state index in [-0.39, 0.29) is 10.8 Å². The summed E-state index contributed by atoms with van der Waals surface area (Å²) in [5.74, 6) is 1.17. The van der Waals surface area contributed by atoms with Gasteiger partial charge in [-0.3, -0.25) is 4.79 Å². The number of sulfonamides is 1. The van der Waals surface area contributed by atoms with Crippen molar-refractivity contribution in [3.63, 3.8) is 0 Å². The summed E-state index contributed by atoms with van der Waals surface area (Å²) >= 11 is 3.07. The molecule has 0 bridgehead atoms. The smallest absolute Gasteiger partial charge is 0.255 e. The minimum absolute atomic E-state index is 0.0803. The van der Waals surface area contributed by atoms with Gasteiger partial charge in [-0.1, -0.05) is 24.6 Å². The van der Waals surface area contributed by atoms with E-state index in [0.717, 1.165) is 35.7 Å². The third kappa shape index (κ3) is 6.51. The fraction of sp³-hybridized carbons (Fsp3) is 0.435. The van der Waals surface area contributed by atoms with E-state index >= 15 is 0 Å². The van der Waals surface area contributed by atoms with Gasteiger partial charge in [-0.15, -0.1) is 23.5 Å². The van der Waals surface area contributed by atoms with E-state index in [1.807, 2.05) is 42.3 Å². The molecule has 2 aromatic rings. The van der Waals surface area contributed by atoms with Gasteiger partial charge in [-0.25, -0.2) is 13.1 Å². The van der Waals surface area contributed by atoms with Crippen LogP contribution < -0.4 is 4.72 Å². The normalized spacial score (nSPS) is 15.3. The summed E-state index contributed by atoms with van der Waals surface area (Å²) in [6.07, 6.45) is 3.87. The van der Waals surface area contributed by atoms with Crippen LogP contribution in [0.2, 0.25) is 0 Å². The van der Waals surface area contributed by atoms with Crippen molar-refractivity contribution in [2.75, 3.05) is 31.6 Å². The highest BCUT2D eigenvalue weighted by atomic mass is 32.2. The number of nitrogens with zero attached hydrogens (tertiary/aromatic N) is 1. The molecule has 1 heterocycles. The highest BCUT2D eigenvalue weighted by molar-refractivity contribution is 7.99. The number of piperidine rings is 1. The number of nitrogens with one attached hydrogen (secondary N) is 1. The molecule has 0 atom stereocenters.